The second-order valence-electron chi connectivity index (χ2n) is 21.8. The molecule has 5 N–H and O–H groups in total. The van der Waals surface area contributed by atoms with E-state index in [1.165, 1.54) is 0 Å². The number of rotatable bonds is 11. The van der Waals surface area contributed by atoms with Gasteiger partial charge in [-0.05, 0) is 98.0 Å². The average Bonchev–Trinajstić information content (AvgIpc) is 0.826. The summed E-state index contributed by atoms with van der Waals surface area (Å²) in [7, 11) is 0. The second kappa shape index (κ2) is 38.4. The number of nitrogens with one attached hydrogen (secondary N) is 5. The minimum absolute atomic E-state index is 0.0549. The molecule has 36 heteroatoms. The molecule has 0 radical (unpaired) electrons. The van der Waals surface area contributed by atoms with Crippen LogP contribution in [0.15, 0.2) is 203 Å². The van der Waals surface area contributed by atoms with E-state index in [9.17, 15) is 89.8 Å². The van der Waals surface area contributed by atoms with Crippen molar-refractivity contribution < 1.29 is 114 Å². The third kappa shape index (κ3) is 24.8. The standard InChI is InChI=1S/C18H13BrF3NO2S.4C13H12F3NO2S/c19-12-7-5-11(6-8-12)13-3-1-2-4-14(13)23-17(24)15-16(18(20,21)22)25-9-10-26-15;4*1-8-4-2-3-5-9(8)17-12(18)10-11(13(14,15)16)19-6-7-20-10/h1-8H,9-10H2,(H,23,24);4*2-5H,6-7H2,1H3,(H,17,18). The molecule has 6 aromatic rings. The van der Waals surface area contributed by atoms with Crippen molar-refractivity contribution in [3.8, 4) is 11.1 Å². The Morgan fingerprint density at radius 3 is 0.717 bits per heavy atom. The zero-order valence-corrected chi connectivity index (χ0v) is 61.3. The first-order chi connectivity index (χ1) is 49.9. The van der Waals surface area contributed by atoms with Crippen LogP contribution in [0.4, 0.5) is 94.3 Å². The molecule has 0 saturated heterocycles. The highest BCUT2D eigenvalue weighted by molar-refractivity contribution is 9.10. The lowest BCUT2D eigenvalue weighted by atomic mass is 10.0. The van der Waals surface area contributed by atoms with Crippen LogP contribution in [0.5, 0.6) is 0 Å². The molecule has 0 aromatic heterocycles. The lowest BCUT2D eigenvalue weighted by Gasteiger charge is -2.22. The summed E-state index contributed by atoms with van der Waals surface area (Å²) in [5.41, 5.74) is 7.01. The number of benzene rings is 6. The number of carbonyl (C=O) groups excluding carboxylic acids is 5. The Morgan fingerprint density at radius 1 is 0.302 bits per heavy atom. The fourth-order valence-corrected chi connectivity index (χ4v) is 13.8. The highest BCUT2D eigenvalue weighted by Gasteiger charge is 2.47. The molecule has 0 bridgehead atoms. The van der Waals surface area contributed by atoms with Gasteiger partial charge in [0.2, 0.25) is 28.8 Å². The Morgan fingerprint density at radius 2 is 0.500 bits per heavy atom. The second-order valence-corrected chi connectivity index (χ2v) is 28.3. The van der Waals surface area contributed by atoms with Gasteiger partial charge in [-0.15, -0.1) is 58.8 Å². The van der Waals surface area contributed by atoms with Gasteiger partial charge in [0, 0.05) is 67.2 Å². The summed E-state index contributed by atoms with van der Waals surface area (Å²) in [5.74, 6) is -8.52. The topological polar surface area (TPSA) is 192 Å². The van der Waals surface area contributed by atoms with Gasteiger partial charge in [0.05, 0.1) is 33.0 Å². The van der Waals surface area contributed by atoms with Crippen LogP contribution in [0, 0.1) is 27.7 Å². The quantitative estimate of drug-likeness (QED) is 0.0769. The molecule has 0 aliphatic carbocycles. The average molecular weight is 1660 g/mol. The van der Waals surface area contributed by atoms with Crippen LogP contribution >= 0.6 is 74.7 Å². The molecule has 11 rings (SSSR count). The molecule has 5 aliphatic rings. The van der Waals surface area contributed by atoms with Crippen LogP contribution in [0.1, 0.15) is 22.3 Å². The van der Waals surface area contributed by atoms with Crippen LogP contribution in [-0.2, 0) is 47.7 Å². The Hall–Kier alpha value is -8.45. The largest absolute Gasteiger partial charge is 0.487 e. The molecule has 0 fully saturated rings. The number of halogens is 16. The van der Waals surface area contributed by atoms with E-state index in [1.54, 1.807) is 149 Å². The molecular formula is C70H61BrF15N5O10S5. The Kier molecular flexibility index (Phi) is 30.7. The van der Waals surface area contributed by atoms with Crippen molar-refractivity contribution in [1.82, 2.24) is 0 Å². The smallest absolute Gasteiger partial charge is 0.450 e. The van der Waals surface area contributed by atoms with Crippen molar-refractivity contribution in [2.75, 3.05) is 88.4 Å². The molecule has 5 aliphatic heterocycles. The number of para-hydroxylation sites is 5. The molecule has 0 unspecified atom stereocenters. The van der Waals surface area contributed by atoms with Gasteiger partial charge in [0.1, 0.15) is 24.5 Å². The van der Waals surface area contributed by atoms with E-state index in [-0.39, 0.29) is 38.8 Å². The van der Waals surface area contributed by atoms with E-state index < -0.39 is 114 Å². The fourth-order valence-electron chi connectivity index (χ4n) is 9.21. The third-order valence-corrected chi connectivity index (χ3v) is 19.8. The summed E-state index contributed by atoms with van der Waals surface area (Å²) < 4.78 is 217. The van der Waals surface area contributed by atoms with E-state index in [0.717, 1.165) is 91.1 Å². The summed E-state index contributed by atoms with van der Waals surface area (Å²) in [4.78, 5) is 58.4. The lowest BCUT2D eigenvalue weighted by molar-refractivity contribution is -0.133. The SMILES string of the molecule is Cc1ccccc1NC(=O)C1=C(C(F)(F)F)OCCS1.Cc1ccccc1NC(=O)C1=C(C(F)(F)F)OCCS1.Cc1ccccc1NC(=O)C1=C(C(F)(F)F)OCCS1.Cc1ccccc1NC(=O)C1=C(C(F)(F)F)OCCS1.O=C(Nc1ccccc1-c1ccc(Br)cc1)C1=C(C(F)(F)F)OCCS1. The molecule has 106 heavy (non-hydrogen) atoms. The van der Waals surface area contributed by atoms with Gasteiger partial charge in [-0.1, -0.05) is 119 Å². The predicted octanol–water partition coefficient (Wildman–Crippen LogP) is 19.5. The van der Waals surface area contributed by atoms with Crippen LogP contribution in [-0.4, -0.2) is 122 Å². The molecular weight excluding hydrogens is 1600 g/mol. The Balaban J connectivity index is 0.000000186. The van der Waals surface area contributed by atoms with E-state index in [1.807, 2.05) is 24.3 Å². The maximum Gasteiger partial charge on any atom is 0.450 e. The maximum absolute atomic E-state index is 13.1. The number of alkyl halides is 15. The summed E-state index contributed by atoms with van der Waals surface area (Å²) in [6.07, 6.45) is -23.3. The summed E-state index contributed by atoms with van der Waals surface area (Å²) in [6, 6.07) is 41.9. The molecule has 0 spiro atoms. The molecule has 5 heterocycles. The van der Waals surface area contributed by atoms with Crippen molar-refractivity contribution in [3.63, 3.8) is 0 Å². The van der Waals surface area contributed by atoms with E-state index in [0.29, 0.717) is 57.0 Å². The summed E-state index contributed by atoms with van der Waals surface area (Å²) in [5, 5.41) is 12.5. The Labute approximate surface area is 626 Å². The molecule has 5 amide bonds. The number of allylic oxidation sites excluding steroid dienone is 5. The first-order valence-corrected chi connectivity index (χ1v) is 36.7. The monoisotopic (exact) mass is 1660 g/mol. The van der Waals surface area contributed by atoms with Gasteiger partial charge in [-0.3, -0.25) is 24.0 Å². The van der Waals surface area contributed by atoms with E-state index in [2.05, 4.69) is 61.5 Å². The normalized spacial score (nSPS) is 15.5. The number of hydrogen-bond donors (Lipinski definition) is 5. The van der Waals surface area contributed by atoms with Crippen molar-refractivity contribution in [2.45, 2.75) is 58.6 Å². The number of amides is 5. The van der Waals surface area contributed by atoms with E-state index in [4.69, 9.17) is 4.74 Å². The van der Waals surface area contributed by atoms with Gasteiger partial charge in [-0.25, -0.2) is 0 Å². The van der Waals surface area contributed by atoms with Crippen LogP contribution in [0.2, 0.25) is 0 Å². The van der Waals surface area contributed by atoms with Gasteiger partial charge in [0.25, 0.3) is 29.5 Å². The van der Waals surface area contributed by atoms with Gasteiger partial charge >= 0.3 is 30.9 Å². The molecule has 0 saturated carbocycles. The van der Waals surface area contributed by atoms with Crippen molar-refractivity contribution in [3.05, 3.63) is 226 Å². The number of carbonyl (C=O) groups is 5. The van der Waals surface area contributed by atoms with Gasteiger partial charge in [-0.2, -0.15) is 65.9 Å². The van der Waals surface area contributed by atoms with Crippen LogP contribution in [0.25, 0.3) is 11.1 Å². The lowest BCUT2D eigenvalue weighted by Crippen LogP contribution is -2.26. The first kappa shape index (κ1) is 84.8. The number of anilines is 5. The fraction of sp³-hybridized carbons (Fsp3) is 0.271. The number of thioether (sulfide) groups is 5. The van der Waals surface area contributed by atoms with Crippen LogP contribution < -0.4 is 26.6 Å². The van der Waals surface area contributed by atoms with Crippen molar-refractivity contribution in [1.29, 1.82) is 0 Å². The number of aryl methyl sites for hydroxylation is 4. The van der Waals surface area contributed by atoms with Crippen molar-refractivity contribution in [2.24, 2.45) is 0 Å². The van der Waals surface area contributed by atoms with E-state index >= 15 is 0 Å². The number of hydrogen-bond acceptors (Lipinski definition) is 15. The van der Waals surface area contributed by atoms with Gasteiger partial charge in [0.15, 0.2) is 0 Å². The first-order valence-electron chi connectivity index (χ1n) is 30.9. The molecule has 15 nitrogen and oxygen atoms in total. The predicted molar refractivity (Wildman–Crippen MR) is 385 cm³/mol. The van der Waals surface area contributed by atoms with Crippen LogP contribution in [0.3, 0.4) is 0 Å². The molecule has 0 atom stereocenters. The highest BCUT2D eigenvalue weighted by atomic mass is 79.9. The number of ether oxygens (including phenoxy) is 5. The minimum atomic E-state index is -4.70. The van der Waals surface area contributed by atoms with Gasteiger partial charge < -0.3 is 50.3 Å². The Bertz CT molecular complexity index is 3920. The summed E-state index contributed by atoms with van der Waals surface area (Å²) in [6.45, 7) is 6.76. The third-order valence-electron chi connectivity index (χ3n) is 14.1. The molecule has 568 valence electrons. The zero-order chi connectivity index (χ0) is 77.7. The maximum atomic E-state index is 13.1. The highest BCUT2D eigenvalue weighted by Crippen LogP contribution is 2.43. The minimum Gasteiger partial charge on any atom is -0.487 e. The zero-order valence-electron chi connectivity index (χ0n) is 55.6. The molecule has 6 aromatic carbocycles. The van der Waals surface area contributed by atoms with Crippen molar-refractivity contribution >= 4 is 133 Å². The summed E-state index contributed by atoms with van der Waals surface area (Å²) >= 11 is 7.62.